The first-order valence-electron chi connectivity index (χ1n) is 18.4. The zero-order valence-corrected chi connectivity index (χ0v) is 31.5. The quantitative estimate of drug-likeness (QED) is 0.144. The van der Waals surface area contributed by atoms with Gasteiger partial charge < -0.3 is 24.6 Å². The van der Waals surface area contributed by atoms with Crippen molar-refractivity contribution in [2.24, 2.45) is 5.92 Å². The minimum atomic E-state index is -3.95. The van der Waals surface area contributed by atoms with Gasteiger partial charge in [-0.3, -0.25) is 9.69 Å². The predicted octanol–water partition coefficient (Wildman–Crippen LogP) is 5.60. The molecule has 6 rings (SSSR count). The van der Waals surface area contributed by atoms with E-state index in [9.17, 15) is 18.3 Å². The van der Waals surface area contributed by atoms with E-state index >= 15 is 0 Å². The normalized spacial score (nSPS) is 22.8. The fraction of sp³-hybridized carbons (Fsp3) is 0.405. The van der Waals surface area contributed by atoms with Crippen LogP contribution in [-0.4, -0.2) is 69.3 Å². The van der Waals surface area contributed by atoms with Gasteiger partial charge in [-0.2, -0.15) is 4.72 Å². The highest BCUT2D eigenvalue weighted by Gasteiger charge is 2.40. The minimum Gasteiger partial charge on any atom is -0.392 e. The van der Waals surface area contributed by atoms with Gasteiger partial charge in [-0.25, -0.2) is 8.42 Å². The lowest BCUT2D eigenvalue weighted by Gasteiger charge is -2.43. The number of likely N-dealkylation sites (tertiary alicyclic amines) is 1. The highest BCUT2D eigenvalue weighted by Crippen LogP contribution is 2.42. The van der Waals surface area contributed by atoms with E-state index in [4.69, 9.17) is 14.2 Å². The van der Waals surface area contributed by atoms with Crippen LogP contribution < -0.4 is 10.0 Å². The molecule has 0 aliphatic carbocycles. The maximum Gasteiger partial charge on any atom is 0.241 e. The van der Waals surface area contributed by atoms with E-state index in [1.165, 1.54) is 0 Å². The first-order valence-corrected chi connectivity index (χ1v) is 19.8. The molecule has 11 heteroatoms. The van der Waals surface area contributed by atoms with E-state index in [0.717, 1.165) is 59.3 Å². The van der Waals surface area contributed by atoms with Crippen LogP contribution in [-0.2, 0) is 48.6 Å². The van der Waals surface area contributed by atoms with Gasteiger partial charge in [-0.15, -0.1) is 0 Å². The van der Waals surface area contributed by atoms with Crippen LogP contribution in [0, 0.1) is 12.8 Å². The number of hydrogen-bond acceptors (Lipinski definition) is 8. The fourth-order valence-electron chi connectivity index (χ4n) is 7.19. The number of aliphatic hydroxyl groups is 1. The molecular weight excluding hydrogens is 691 g/mol. The van der Waals surface area contributed by atoms with E-state index in [-0.39, 0.29) is 42.6 Å². The molecule has 0 spiro atoms. The zero-order chi connectivity index (χ0) is 37.4. The van der Waals surface area contributed by atoms with Gasteiger partial charge in [0.05, 0.1) is 30.3 Å². The van der Waals surface area contributed by atoms with Crippen molar-refractivity contribution in [1.82, 2.24) is 14.9 Å². The molecular formula is C42H51N3O7S. The van der Waals surface area contributed by atoms with Crippen molar-refractivity contribution in [1.29, 1.82) is 0 Å². The Morgan fingerprint density at radius 3 is 2.26 bits per heavy atom. The Balaban J connectivity index is 1.15. The summed E-state index contributed by atoms with van der Waals surface area (Å²) >= 11 is 0. The van der Waals surface area contributed by atoms with Gasteiger partial charge in [0.25, 0.3) is 0 Å². The molecule has 0 saturated carbocycles. The number of ether oxygens (including phenoxy) is 3. The van der Waals surface area contributed by atoms with Gasteiger partial charge in [-0.1, -0.05) is 103 Å². The molecule has 0 unspecified atom stereocenters. The summed E-state index contributed by atoms with van der Waals surface area (Å²) in [6.07, 6.45) is 1.49. The number of sulfonamides is 1. The second-order valence-corrected chi connectivity index (χ2v) is 15.9. The minimum absolute atomic E-state index is 0.0188. The summed E-state index contributed by atoms with van der Waals surface area (Å²) < 4.78 is 48.1. The predicted molar refractivity (Wildman–Crippen MR) is 203 cm³/mol. The molecule has 2 heterocycles. The van der Waals surface area contributed by atoms with Crippen LogP contribution in [0.5, 0.6) is 0 Å². The Morgan fingerprint density at radius 1 is 0.906 bits per heavy atom. The molecule has 0 aromatic heterocycles. The number of nitrogens with one attached hydrogen (secondary N) is 2. The smallest absolute Gasteiger partial charge is 0.241 e. The Hall–Kier alpha value is -3.94. The second-order valence-electron chi connectivity index (χ2n) is 14.2. The highest BCUT2D eigenvalue weighted by molar-refractivity contribution is 7.89. The number of aryl methyl sites for hydroxylation is 1. The van der Waals surface area contributed by atoms with Crippen LogP contribution in [0.1, 0.15) is 65.5 Å². The Morgan fingerprint density at radius 2 is 1.58 bits per heavy atom. The summed E-state index contributed by atoms with van der Waals surface area (Å²) in [5.41, 5.74) is 5.36. The average molecular weight is 742 g/mol. The van der Waals surface area contributed by atoms with E-state index in [1.807, 2.05) is 85.8 Å². The van der Waals surface area contributed by atoms with Crippen molar-refractivity contribution in [3.8, 4) is 0 Å². The molecule has 2 saturated heterocycles. The number of nitrogens with zero attached hydrogens (tertiary/aromatic N) is 1. The molecule has 10 nitrogen and oxygen atoms in total. The van der Waals surface area contributed by atoms with Crippen LogP contribution in [0.25, 0.3) is 0 Å². The molecule has 2 aliphatic heterocycles. The number of carbonyl (C=O) groups excluding carboxylic acids is 1. The van der Waals surface area contributed by atoms with Crippen LogP contribution >= 0.6 is 0 Å². The molecule has 53 heavy (non-hydrogen) atoms. The molecule has 6 atom stereocenters. The number of benzene rings is 4. The Labute approximate surface area is 313 Å². The topological polar surface area (TPSA) is 126 Å². The molecule has 2 fully saturated rings. The summed E-state index contributed by atoms with van der Waals surface area (Å²) in [7, 11) is -2.20. The van der Waals surface area contributed by atoms with Gasteiger partial charge in [0.15, 0.2) is 6.29 Å². The van der Waals surface area contributed by atoms with Crippen molar-refractivity contribution in [3.05, 3.63) is 137 Å². The zero-order valence-electron chi connectivity index (χ0n) is 30.7. The van der Waals surface area contributed by atoms with Crippen molar-refractivity contribution < 1.29 is 32.5 Å². The molecule has 2 aliphatic rings. The maximum absolute atomic E-state index is 13.6. The van der Waals surface area contributed by atoms with Crippen molar-refractivity contribution in [2.45, 2.75) is 81.7 Å². The average Bonchev–Trinajstić information content (AvgIpc) is 3.61. The maximum atomic E-state index is 13.6. The summed E-state index contributed by atoms with van der Waals surface area (Å²) in [6, 6.07) is 30.9. The van der Waals surface area contributed by atoms with Crippen molar-refractivity contribution in [2.75, 3.05) is 26.8 Å². The van der Waals surface area contributed by atoms with E-state index in [1.54, 1.807) is 31.4 Å². The standard InChI is InChI=1S/C42H51N3O7S/c1-29-11-21-37(22-12-29)53(48,49)44-38(24-31-8-5-4-6-9-31)41(47)43-25-32-13-19-35(20-14-32)42-51-39(26-45-23-7-10-36(45)28-50-3)30(2)40(52-42)34-17-15-33(27-46)16-18-34/h4-6,8-9,11-22,30,36,38-40,42,44,46H,7,10,23-28H2,1-3H3,(H,43,47)/t30-,36-,38+,39+,40+,42+/m0/s1. The molecule has 282 valence electrons. The third-order valence-corrected chi connectivity index (χ3v) is 11.8. The summed E-state index contributed by atoms with van der Waals surface area (Å²) in [6.45, 7) is 6.71. The third kappa shape index (κ3) is 9.98. The van der Waals surface area contributed by atoms with Gasteiger partial charge in [0, 0.05) is 37.7 Å². The molecule has 0 radical (unpaired) electrons. The van der Waals surface area contributed by atoms with Gasteiger partial charge in [0.2, 0.25) is 15.9 Å². The van der Waals surface area contributed by atoms with E-state index < -0.39 is 28.3 Å². The molecule has 4 aromatic rings. The Kier molecular flexibility index (Phi) is 13.1. The van der Waals surface area contributed by atoms with Gasteiger partial charge in [-0.05, 0) is 67.1 Å². The molecule has 3 N–H and O–H groups in total. The lowest BCUT2D eigenvalue weighted by molar-refractivity contribution is -0.276. The molecule has 0 bridgehead atoms. The lowest BCUT2D eigenvalue weighted by Crippen LogP contribution is -2.47. The number of hydrogen-bond donors (Lipinski definition) is 3. The number of amides is 1. The highest BCUT2D eigenvalue weighted by atomic mass is 32.2. The van der Waals surface area contributed by atoms with E-state index in [0.29, 0.717) is 12.6 Å². The summed E-state index contributed by atoms with van der Waals surface area (Å²) in [4.78, 5) is 16.2. The monoisotopic (exact) mass is 741 g/mol. The van der Waals surface area contributed by atoms with Crippen LogP contribution in [0.3, 0.4) is 0 Å². The molecule has 1 amide bonds. The lowest BCUT2D eigenvalue weighted by atomic mass is 9.90. The summed E-state index contributed by atoms with van der Waals surface area (Å²) in [5, 5.41) is 12.6. The number of rotatable bonds is 15. The second kappa shape index (κ2) is 17.9. The SMILES string of the molecule is COC[C@@H]1CCCN1C[C@H]1O[C@@H](c2ccc(CNC(=O)[C@@H](Cc3ccccc3)NS(=O)(=O)c3ccc(C)cc3)cc2)O[C@@H](c2ccc(CO)cc2)[C@H]1C. The largest absolute Gasteiger partial charge is 0.392 e. The van der Waals surface area contributed by atoms with Crippen LogP contribution in [0.2, 0.25) is 0 Å². The third-order valence-electron chi connectivity index (χ3n) is 10.3. The number of aliphatic hydroxyl groups excluding tert-OH is 1. The van der Waals surface area contributed by atoms with Crippen molar-refractivity contribution >= 4 is 15.9 Å². The van der Waals surface area contributed by atoms with Crippen molar-refractivity contribution in [3.63, 3.8) is 0 Å². The van der Waals surface area contributed by atoms with Gasteiger partial charge >= 0.3 is 0 Å². The van der Waals surface area contributed by atoms with Crippen LogP contribution in [0.15, 0.2) is 108 Å². The van der Waals surface area contributed by atoms with E-state index in [2.05, 4.69) is 21.9 Å². The van der Waals surface area contributed by atoms with Crippen LogP contribution in [0.4, 0.5) is 0 Å². The Bertz CT molecular complexity index is 1870. The summed E-state index contributed by atoms with van der Waals surface area (Å²) in [5.74, 6) is -0.357. The van der Waals surface area contributed by atoms with Gasteiger partial charge in [0.1, 0.15) is 6.04 Å². The first kappa shape index (κ1) is 38.8. The number of carbonyl (C=O) groups is 1. The first-order chi connectivity index (χ1) is 25.6. The fourth-order valence-corrected chi connectivity index (χ4v) is 8.39. The molecule has 4 aromatic carbocycles. The number of methoxy groups -OCH3 is 1.